The maximum absolute atomic E-state index is 4.89. The van der Waals surface area contributed by atoms with Crippen LogP contribution in [-0.2, 0) is 0 Å². The van der Waals surface area contributed by atoms with Crippen LogP contribution in [0.4, 0.5) is 11.5 Å². The van der Waals surface area contributed by atoms with E-state index in [-0.39, 0.29) is 0 Å². The minimum absolute atomic E-state index is 0.780. The van der Waals surface area contributed by atoms with E-state index >= 15 is 0 Å². The molecular weight excluding hydrogens is 276 g/mol. The number of nitrogens with zero attached hydrogens (tertiary/aromatic N) is 3. The summed E-state index contributed by atoms with van der Waals surface area (Å²) in [5.74, 6) is 0.780. The molecule has 0 aliphatic heterocycles. The monoisotopic (exact) mass is 288 g/mol. The number of fused-ring (bicyclic) bond motifs is 1. The second-order valence-corrected chi connectivity index (χ2v) is 4.83. The molecule has 0 unspecified atom stereocenters. The van der Waals surface area contributed by atoms with Crippen LogP contribution in [0.25, 0.3) is 22.2 Å². The predicted octanol–water partition coefficient (Wildman–Crippen LogP) is 4.03. The normalized spacial score (nSPS) is 10.7. The van der Waals surface area contributed by atoms with E-state index in [0.717, 1.165) is 33.7 Å². The van der Waals surface area contributed by atoms with Gasteiger partial charge in [-0.1, -0.05) is 29.4 Å². The number of para-hydroxylation sites is 1. The Bertz CT molecular complexity index is 914. The van der Waals surface area contributed by atoms with Gasteiger partial charge in [0.2, 0.25) is 0 Å². The fourth-order valence-corrected chi connectivity index (χ4v) is 2.36. The van der Waals surface area contributed by atoms with Crippen LogP contribution in [0.2, 0.25) is 0 Å². The Morgan fingerprint density at radius 3 is 2.77 bits per heavy atom. The summed E-state index contributed by atoms with van der Waals surface area (Å²) in [6, 6.07) is 17.7. The van der Waals surface area contributed by atoms with Gasteiger partial charge in [0.25, 0.3) is 0 Å². The van der Waals surface area contributed by atoms with Crippen molar-refractivity contribution in [1.82, 2.24) is 15.1 Å². The van der Waals surface area contributed by atoms with E-state index < -0.39 is 0 Å². The Balaban J connectivity index is 1.73. The molecule has 2 aromatic heterocycles. The molecular formula is C17H12N4O. The highest BCUT2D eigenvalue weighted by atomic mass is 16.5. The minimum Gasteiger partial charge on any atom is -0.364 e. The molecule has 106 valence electrons. The average Bonchev–Trinajstić information content (AvgIpc) is 3.10. The van der Waals surface area contributed by atoms with Crippen LogP contribution in [-0.4, -0.2) is 15.1 Å². The lowest BCUT2D eigenvalue weighted by molar-refractivity contribution is 0.422. The van der Waals surface area contributed by atoms with Gasteiger partial charge in [0.15, 0.2) is 0 Å². The largest absolute Gasteiger partial charge is 0.364 e. The van der Waals surface area contributed by atoms with Crippen LogP contribution in [0.15, 0.2) is 71.7 Å². The second-order valence-electron chi connectivity index (χ2n) is 4.83. The summed E-state index contributed by atoms with van der Waals surface area (Å²) in [6.45, 7) is 0. The van der Waals surface area contributed by atoms with Crippen molar-refractivity contribution in [3.8, 4) is 11.3 Å². The number of rotatable bonds is 3. The number of nitrogens with one attached hydrogen (secondary N) is 1. The molecule has 4 aromatic rings. The lowest BCUT2D eigenvalue weighted by Crippen LogP contribution is -1.96. The zero-order valence-electron chi connectivity index (χ0n) is 11.6. The molecule has 5 heteroatoms. The van der Waals surface area contributed by atoms with Crippen LogP contribution in [0.3, 0.4) is 0 Å². The zero-order valence-corrected chi connectivity index (χ0v) is 11.6. The number of benzene rings is 2. The summed E-state index contributed by atoms with van der Waals surface area (Å²) < 4.78 is 4.89. The molecule has 22 heavy (non-hydrogen) atoms. The molecule has 4 rings (SSSR count). The Hall–Kier alpha value is -3.21. The number of hydrogen-bond donors (Lipinski definition) is 1. The molecule has 2 heterocycles. The van der Waals surface area contributed by atoms with E-state index in [1.54, 1.807) is 12.6 Å². The molecule has 0 radical (unpaired) electrons. The van der Waals surface area contributed by atoms with Crippen molar-refractivity contribution in [2.75, 3.05) is 5.32 Å². The van der Waals surface area contributed by atoms with Gasteiger partial charge in [0.1, 0.15) is 24.1 Å². The van der Waals surface area contributed by atoms with Crippen molar-refractivity contribution in [2.24, 2.45) is 0 Å². The summed E-state index contributed by atoms with van der Waals surface area (Å²) >= 11 is 0. The van der Waals surface area contributed by atoms with Gasteiger partial charge < -0.3 is 9.84 Å². The Labute approximate surface area is 126 Å². The third kappa shape index (κ3) is 2.29. The highest BCUT2D eigenvalue weighted by molar-refractivity contribution is 5.90. The fourth-order valence-electron chi connectivity index (χ4n) is 2.36. The number of anilines is 2. The van der Waals surface area contributed by atoms with Gasteiger partial charge in [-0.25, -0.2) is 9.97 Å². The van der Waals surface area contributed by atoms with E-state index in [4.69, 9.17) is 4.52 Å². The average molecular weight is 288 g/mol. The smallest absolute Gasteiger partial charge is 0.141 e. The molecule has 2 aromatic carbocycles. The van der Waals surface area contributed by atoms with Crippen molar-refractivity contribution in [2.45, 2.75) is 0 Å². The summed E-state index contributed by atoms with van der Waals surface area (Å²) in [7, 11) is 0. The third-order valence-corrected chi connectivity index (χ3v) is 3.40. The first-order chi connectivity index (χ1) is 10.9. The molecule has 0 amide bonds. The van der Waals surface area contributed by atoms with Gasteiger partial charge in [0, 0.05) is 22.7 Å². The van der Waals surface area contributed by atoms with Gasteiger partial charge >= 0.3 is 0 Å². The van der Waals surface area contributed by atoms with Crippen LogP contribution >= 0.6 is 0 Å². The summed E-state index contributed by atoms with van der Waals surface area (Å²) in [4.78, 5) is 8.61. The van der Waals surface area contributed by atoms with E-state index in [1.165, 1.54) is 0 Å². The van der Waals surface area contributed by atoms with Crippen LogP contribution in [0.5, 0.6) is 0 Å². The molecule has 0 aliphatic carbocycles. The Morgan fingerprint density at radius 2 is 1.86 bits per heavy atom. The first-order valence-corrected chi connectivity index (χ1v) is 6.88. The SMILES string of the molecule is c1cc(Nc2ncnc3ccccc23)cc(-c2ccon2)c1. The van der Waals surface area contributed by atoms with Crippen molar-refractivity contribution >= 4 is 22.4 Å². The summed E-state index contributed by atoms with van der Waals surface area (Å²) in [6.07, 6.45) is 3.12. The molecule has 0 spiro atoms. The van der Waals surface area contributed by atoms with Gasteiger partial charge in [-0.2, -0.15) is 0 Å². The maximum Gasteiger partial charge on any atom is 0.141 e. The van der Waals surface area contributed by atoms with Crippen LogP contribution in [0, 0.1) is 0 Å². The zero-order chi connectivity index (χ0) is 14.8. The highest BCUT2D eigenvalue weighted by Crippen LogP contribution is 2.25. The second kappa shape index (κ2) is 5.29. The predicted molar refractivity (Wildman–Crippen MR) is 84.8 cm³/mol. The van der Waals surface area contributed by atoms with Crippen LogP contribution < -0.4 is 5.32 Å². The lowest BCUT2D eigenvalue weighted by atomic mass is 10.1. The molecule has 0 aliphatic rings. The Morgan fingerprint density at radius 1 is 0.909 bits per heavy atom. The molecule has 0 fully saturated rings. The number of aromatic nitrogens is 3. The maximum atomic E-state index is 4.89. The van der Waals surface area contributed by atoms with E-state index in [9.17, 15) is 0 Å². The van der Waals surface area contributed by atoms with Crippen molar-refractivity contribution in [3.63, 3.8) is 0 Å². The lowest BCUT2D eigenvalue weighted by Gasteiger charge is -2.09. The van der Waals surface area contributed by atoms with E-state index in [1.807, 2.05) is 54.6 Å². The van der Waals surface area contributed by atoms with Crippen LogP contribution in [0.1, 0.15) is 0 Å². The third-order valence-electron chi connectivity index (χ3n) is 3.40. The molecule has 1 N–H and O–H groups in total. The van der Waals surface area contributed by atoms with Crippen molar-refractivity contribution in [1.29, 1.82) is 0 Å². The number of hydrogen-bond acceptors (Lipinski definition) is 5. The van der Waals surface area contributed by atoms with Gasteiger partial charge in [-0.3, -0.25) is 0 Å². The Kier molecular flexibility index (Phi) is 3.01. The van der Waals surface area contributed by atoms with E-state index in [0.29, 0.717) is 0 Å². The fraction of sp³-hybridized carbons (Fsp3) is 0. The quantitative estimate of drug-likeness (QED) is 0.616. The van der Waals surface area contributed by atoms with Gasteiger partial charge in [-0.05, 0) is 24.3 Å². The summed E-state index contributed by atoms with van der Waals surface area (Å²) in [5, 5.41) is 8.28. The van der Waals surface area contributed by atoms with Crippen molar-refractivity contribution < 1.29 is 4.52 Å². The standard InChI is InChI=1S/C17H12N4O/c1-2-7-16-14(6-1)17(19-11-18-16)20-13-5-3-4-12(10-13)15-8-9-22-21-15/h1-11H,(H,18,19,20). The van der Waals surface area contributed by atoms with Crippen molar-refractivity contribution in [3.05, 3.63) is 67.2 Å². The molecule has 0 atom stereocenters. The topological polar surface area (TPSA) is 63.8 Å². The molecule has 5 nitrogen and oxygen atoms in total. The van der Waals surface area contributed by atoms with E-state index in [2.05, 4.69) is 20.4 Å². The summed E-state index contributed by atoms with van der Waals surface area (Å²) in [5.41, 5.74) is 3.63. The van der Waals surface area contributed by atoms with Gasteiger partial charge in [-0.15, -0.1) is 0 Å². The van der Waals surface area contributed by atoms with Gasteiger partial charge in [0.05, 0.1) is 5.52 Å². The molecule has 0 bridgehead atoms. The minimum atomic E-state index is 0.780. The first kappa shape index (κ1) is 12.5. The highest BCUT2D eigenvalue weighted by Gasteiger charge is 2.05. The first-order valence-electron chi connectivity index (χ1n) is 6.88. The molecule has 0 saturated carbocycles. The molecule has 0 saturated heterocycles.